The Morgan fingerprint density at radius 2 is 1.33 bits per heavy atom. The fraction of sp³-hybridized carbons (Fsp3) is 0. The van der Waals surface area contributed by atoms with Gasteiger partial charge in [-0.25, -0.2) is 8.78 Å². The monoisotopic (exact) mass is 246 g/mol. The highest BCUT2D eigenvalue weighted by Crippen LogP contribution is 2.20. The molecule has 0 radical (unpaired) electrons. The largest absolute Gasteiger partial charge is 0.373 e. The minimum Gasteiger partial charge on any atom is -0.207 e. The maximum atomic E-state index is 12.6. The molecule has 0 N–H and O–H groups in total. The maximum Gasteiger partial charge on any atom is 0.373 e. The molecule has 0 bridgehead atoms. The molecule has 0 aromatic heterocycles. The van der Waals surface area contributed by atoms with Crippen LogP contribution in [0.2, 0.25) is 0 Å². The lowest BCUT2D eigenvalue weighted by molar-refractivity contribution is 0.585. The number of halogens is 5. The molecule has 1 rings (SSSR count). The van der Waals surface area contributed by atoms with Gasteiger partial charge in [-0.1, -0.05) is 0 Å². The standard InChI is InChI=1S/C6H3Cl3F2Si/c7-12(8,9)6-2-4(10)1-5(11)3-6/h1-3H. The summed E-state index contributed by atoms with van der Waals surface area (Å²) >= 11 is 16.6. The zero-order chi connectivity index (χ0) is 9.35. The van der Waals surface area contributed by atoms with E-state index < -0.39 is 17.6 Å². The van der Waals surface area contributed by atoms with Gasteiger partial charge in [0, 0.05) is 6.07 Å². The van der Waals surface area contributed by atoms with Crippen molar-refractivity contribution >= 4 is 44.4 Å². The molecule has 0 heterocycles. The first-order chi connectivity index (χ1) is 5.39. The van der Waals surface area contributed by atoms with Gasteiger partial charge >= 0.3 is 6.00 Å². The first kappa shape index (κ1) is 10.2. The molecule has 0 fully saturated rings. The zero-order valence-corrected chi connectivity index (χ0v) is 8.89. The highest BCUT2D eigenvalue weighted by Gasteiger charge is 2.29. The van der Waals surface area contributed by atoms with Crippen molar-refractivity contribution in [3.8, 4) is 0 Å². The Morgan fingerprint density at radius 1 is 0.917 bits per heavy atom. The Hall–Kier alpha value is 0.167. The molecule has 0 saturated heterocycles. The van der Waals surface area contributed by atoms with E-state index in [9.17, 15) is 8.78 Å². The fourth-order valence-electron chi connectivity index (χ4n) is 0.717. The Balaban J connectivity index is 3.18. The molecular weight excluding hydrogens is 245 g/mol. The van der Waals surface area contributed by atoms with Crippen LogP contribution in [-0.2, 0) is 0 Å². The molecule has 1 aromatic carbocycles. The summed E-state index contributed by atoms with van der Waals surface area (Å²) in [6, 6.07) is -0.369. The predicted octanol–water partition coefficient (Wildman–Crippen LogP) is 2.83. The predicted molar refractivity (Wildman–Crippen MR) is 49.3 cm³/mol. The lowest BCUT2D eigenvalue weighted by Crippen LogP contribution is -2.30. The Labute approximate surface area is 83.2 Å². The van der Waals surface area contributed by atoms with Crippen LogP contribution in [0, 0.1) is 11.6 Å². The number of hydrogen-bond acceptors (Lipinski definition) is 0. The first-order valence-electron chi connectivity index (χ1n) is 2.93. The summed E-state index contributed by atoms with van der Waals surface area (Å²) in [6.45, 7) is 0. The third-order valence-corrected chi connectivity index (χ3v) is 4.10. The minimum atomic E-state index is -3.16. The van der Waals surface area contributed by atoms with E-state index in [1.54, 1.807) is 0 Å². The summed E-state index contributed by atoms with van der Waals surface area (Å²) in [5.74, 6) is -1.47. The SMILES string of the molecule is Fc1cc(F)cc([Si](Cl)(Cl)Cl)c1. The average molecular weight is 248 g/mol. The third kappa shape index (κ3) is 2.59. The first-order valence-corrected chi connectivity index (χ1v) is 7.96. The quantitative estimate of drug-likeness (QED) is 0.529. The molecule has 0 aliphatic rings. The fourth-order valence-corrected chi connectivity index (χ4v) is 2.30. The van der Waals surface area contributed by atoms with Gasteiger partial charge < -0.3 is 0 Å². The van der Waals surface area contributed by atoms with Crippen molar-refractivity contribution in [2.75, 3.05) is 0 Å². The van der Waals surface area contributed by atoms with E-state index in [1.165, 1.54) is 0 Å². The molecule has 0 unspecified atom stereocenters. The molecular formula is C6H3Cl3F2Si. The van der Waals surface area contributed by atoms with Gasteiger partial charge in [-0.05, 0) is 17.3 Å². The highest BCUT2D eigenvalue weighted by atomic mass is 35.8. The van der Waals surface area contributed by atoms with Crippen molar-refractivity contribution in [2.24, 2.45) is 0 Å². The van der Waals surface area contributed by atoms with E-state index in [-0.39, 0.29) is 5.19 Å². The second-order valence-electron chi connectivity index (χ2n) is 2.16. The van der Waals surface area contributed by atoms with E-state index in [2.05, 4.69) is 0 Å². The summed E-state index contributed by atoms with van der Waals surface area (Å²) in [7, 11) is 0. The summed E-state index contributed by atoms with van der Waals surface area (Å²) in [5, 5.41) is 0.116. The van der Waals surface area contributed by atoms with Crippen LogP contribution in [-0.4, -0.2) is 6.00 Å². The maximum absolute atomic E-state index is 12.6. The minimum absolute atomic E-state index is 0.116. The second-order valence-corrected chi connectivity index (χ2v) is 10.6. The van der Waals surface area contributed by atoms with E-state index in [0.717, 1.165) is 18.2 Å². The Bertz CT molecular complexity index is 277. The van der Waals surface area contributed by atoms with Crippen molar-refractivity contribution in [3.05, 3.63) is 29.8 Å². The lowest BCUT2D eigenvalue weighted by atomic mass is 10.3. The van der Waals surface area contributed by atoms with Crippen LogP contribution in [0.25, 0.3) is 0 Å². The van der Waals surface area contributed by atoms with Crippen LogP contribution >= 0.6 is 33.2 Å². The van der Waals surface area contributed by atoms with Gasteiger partial charge in [-0.3, -0.25) is 0 Å². The molecule has 0 aliphatic heterocycles. The molecule has 6 heteroatoms. The van der Waals surface area contributed by atoms with Gasteiger partial charge in [-0.15, -0.1) is 33.2 Å². The van der Waals surface area contributed by atoms with Crippen molar-refractivity contribution in [3.63, 3.8) is 0 Å². The molecule has 66 valence electrons. The van der Waals surface area contributed by atoms with Gasteiger partial charge in [-0.2, -0.15) is 0 Å². The summed E-state index contributed by atoms with van der Waals surface area (Å²) in [6.07, 6.45) is 0. The molecule has 1 aromatic rings. The molecule has 0 amide bonds. The summed E-state index contributed by atoms with van der Waals surface area (Å²) in [4.78, 5) is 0. The molecule has 0 spiro atoms. The highest BCUT2D eigenvalue weighted by molar-refractivity contribution is 7.69. The molecule has 0 saturated carbocycles. The zero-order valence-electron chi connectivity index (χ0n) is 5.62. The average Bonchev–Trinajstić information content (AvgIpc) is 1.82. The number of benzene rings is 1. The molecule has 0 atom stereocenters. The van der Waals surface area contributed by atoms with Crippen LogP contribution in [0.5, 0.6) is 0 Å². The van der Waals surface area contributed by atoms with Gasteiger partial charge in [0.05, 0.1) is 0 Å². The number of rotatable bonds is 1. The van der Waals surface area contributed by atoms with Gasteiger partial charge in [0.1, 0.15) is 11.6 Å². The van der Waals surface area contributed by atoms with Crippen molar-refractivity contribution in [2.45, 2.75) is 0 Å². The van der Waals surface area contributed by atoms with Gasteiger partial charge in [0.2, 0.25) is 0 Å². The van der Waals surface area contributed by atoms with E-state index in [0.29, 0.717) is 0 Å². The van der Waals surface area contributed by atoms with Crippen LogP contribution in [0.1, 0.15) is 0 Å². The van der Waals surface area contributed by atoms with Crippen molar-refractivity contribution in [1.82, 2.24) is 0 Å². The van der Waals surface area contributed by atoms with Crippen LogP contribution in [0.3, 0.4) is 0 Å². The van der Waals surface area contributed by atoms with Gasteiger partial charge in [0.15, 0.2) is 0 Å². The molecule has 0 aliphatic carbocycles. The Morgan fingerprint density at radius 3 is 1.67 bits per heavy atom. The third-order valence-electron chi connectivity index (χ3n) is 1.19. The van der Waals surface area contributed by atoms with E-state index >= 15 is 0 Å². The van der Waals surface area contributed by atoms with Crippen LogP contribution in [0.15, 0.2) is 18.2 Å². The van der Waals surface area contributed by atoms with Crippen LogP contribution in [0.4, 0.5) is 8.78 Å². The van der Waals surface area contributed by atoms with Crippen molar-refractivity contribution < 1.29 is 8.78 Å². The lowest BCUT2D eigenvalue weighted by Gasteiger charge is -2.07. The van der Waals surface area contributed by atoms with Crippen LogP contribution < -0.4 is 5.19 Å². The normalized spacial score (nSPS) is 11.8. The second kappa shape index (κ2) is 3.50. The smallest absolute Gasteiger partial charge is 0.207 e. The Kier molecular flexibility index (Phi) is 2.99. The van der Waals surface area contributed by atoms with E-state index in [1.807, 2.05) is 0 Å². The van der Waals surface area contributed by atoms with Gasteiger partial charge in [0.25, 0.3) is 0 Å². The molecule has 12 heavy (non-hydrogen) atoms. The topological polar surface area (TPSA) is 0 Å². The summed E-state index contributed by atoms with van der Waals surface area (Å²) < 4.78 is 25.1. The van der Waals surface area contributed by atoms with Crippen molar-refractivity contribution in [1.29, 1.82) is 0 Å². The van der Waals surface area contributed by atoms with E-state index in [4.69, 9.17) is 33.2 Å². The molecule has 0 nitrogen and oxygen atoms in total. The number of hydrogen-bond donors (Lipinski definition) is 0. The summed E-state index contributed by atoms with van der Waals surface area (Å²) in [5.41, 5.74) is 0.